The molecule has 0 bridgehead atoms. The van der Waals surface area contributed by atoms with E-state index in [9.17, 15) is 44.3 Å². The average Bonchev–Trinajstić information content (AvgIpc) is 2.86. The molecular weight excluding hydrogens is 408 g/mol. The highest BCUT2D eigenvalue weighted by molar-refractivity contribution is 7.93. The van der Waals surface area contributed by atoms with Crippen LogP contribution in [0.4, 0.5) is 32.0 Å². The predicted molar refractivity (Wildman–Crippen MR) is 78.6 cm³/mol. The Labute approximate surface area is 148 Å². The minimum atomic E-state index is -5.13. The van der Waals surface area contributed by atoms with Gasteiger partial charge in [-0.15, -0.1) is 0 Å². The topological polar surface area (TPSA) is 91.8 Å². The van der Waals surface area contributed by atoms with Crippen LogP contribution in [0.5, 0.6) is 0 Å². The third kappa shape index (κ3) is 4.51. The Morgan fingerprint density at radius 1 is 1.07 bits per heavy atom. The van der Waals surface area contributed by atoms with Crippen LogP contribution in [0.2, 0.25) is 0 Å². The van der Waals surface area contributed by atoms with E-state index in [4.69, 9.17) is 5.11 Å². The van der Waals surface area contributed by atoms with Gasteiger partial charge < -0.3 is 10.0 Å². The average molecular weight is 419 g/mol. The van der Waals surface area contributed by atoms with Crippen molar-refractivity contribution in [2.45, 2.75) is 24.0 Å². The highest BCUT2D eigenvalue weighted by Gasteiger charge is 2.44. The SMILES string of the molecule is O=C(O)CS(=O)(=O)C1CCN(c2cc(C(F)(F)F)cc(C(F)(F)F)c2)C1=O. The van der Waals surface area contributed by atoms with Gasteiger partial charge in [0.25, 0.3) is 0 Å². The minimum Gasteiger partial charge on any atom is -0.480 e. The molecular formula is C14H11F6NO5S. The van der Waals surface area contributed by atoms with Crippen molar-refractivity contribution in [3.05, 3.63) is 29.3 Å². The first kappa shape index (κ1) is 21.0. The molecule has 1 aliphatic heterocycles. The zero-order valence-corrected chi connectivity index (χ0v) is 14.0. The number of amides is 1. The molecule has 0 aliphatic carbocycles. The molecule has 0 aromatic heterocycles. The summed E-state index contributed by atoms with van der Waals surface area (Å²) in [6, 6.07) is 0.487. The molecule has 1 fully saturated rings. The maximum absolute atomic E-state index is 12.9. The van der Waals surface area contributed by atoms with Gasteiger partial charge in [-0.2, -0.15) is 26.3 Å². The maximum atomic E-state index is 12.9. The second-order valence-electron chi connectivity index (χ2n) is 5.73. The van der Waals surface area contributed by atoms with Gasteiger partial charge in [-0.3, -0.25) is 9.59 Å². The highest BCUT2D eigenvalue weighted by atomic mass is 32.2. The summed E-state index contributed by atoms with van der Waals surface area (Å²) in [7, 11) is -4.46. The van der Waals surface area contributed by atoms with Gasteiger partial charge in [0.15, 0.2) is 9.84 Å². The van der Waals surface area contributed by atoms with E-state index in [1.165, 1.54) is 0 Å². The number of hydrogen-bond acceptors (Lipinski definition) is 4. The van der Waals surface area contributed by atoms with Crippen molar-refractivity contribution in [3.8, 4) is 0 Å². The minimum absolute atomic E-state index is 0.122. The molecule has 0 radical (unpaired) electrons. The van der Waals surface area contributed by atoms with Crippen LogP contribution in [0.15, 0.2) is 18.2 Å². The van der Waals surface area contributed by atoms with Crippen LogP contribution < -0.4 is 4.90 Å². The monoisotopic (exact) mass is 419 g/mol. The summed E-state index contributed by atoms with van der Waals surface area (Å²) in [5.74, 6) is -4.39. The first-order valence-corrected chi connectivity index (χ1v) is 8.88. The molecule has 1 aliphatic rings. The van der Waals surface area contributed by atoms with Crippen LogP contribution in [0.3, 0.4) is 0 Å². The van der Waals surface area contributed by atoms with Gasteiger partial charge in [-0.1, -0.05) is 0 Å². The molecule has 1 aromatic carbocycles. The second-order valence-corrected chi connectivity index (χ2v) is 7.92. The Kier molecular flexibility index (Phi) is 5.20. The van der Waals surface area contributed by atoms with Gasteiger partial charge in [-0.05, 0) is 24.6 Å². The first-order chi connectivity index (χ1) is 12.1. The number of carboxylic acids is 1. The quantitative estimate of drug-likeness (QED) is 0.757. The fourth-order valence-corrected chi connectivity index (χ4v) is 4.05. The number of carboxylic acid groups (broad SMARTS) is 1. The molecule has 1 atom stereocenters. The van der Waals surface area contributed by atoms with E-state index in [2.05, 4.69) is 0 Å². The lowest BCUT2D eigenvalue weighted by Crippen LogP contribution is -2.36. The molecule has 1 saturated heterocycles. The normalized spacial score (nSPS) is 18.8. The lowest BCUT2D eigenvalue weighted by molar-refractivity contribution is -0.143. The zero-order chi connectivity index (χ0) is 20.8. The first-order valence-electron chi connectivity index (χ1n) is 7.17. The van der Waals surface area contributed by atoms with Crippen molar-refractivity contribution in [1.82, 2.24) is 0 Å². The van der Waals surface area contributed by atoms with Gasteiger partial charge in [-0.25, -0.2) is 8.42 Å². The van der Waals surface area contributed by atoms with E-state index in [0.717, 1.165) is 0 Å². The van der Waals surface area contributed by atoms with E-state index in [1.807, 2.05) is 0 Å². The molecule has 6 nitrogen and oxygen atoms in total. The molecule has 1 aromatic rings. The zero-order valence-electron chi connectivity index (χ0n) is 13.1. The van der Waals surface area contributed by atoms with E-state index in [0.29, 0.717) is 17.0 Å². The van der Waals surface area contributed by atoms with Crippen LogP contribution in [-0.2, 0) is 31.8 Å². The Balaban J connectivity index is 2.47. The van der Waals surface area contributed by atoms with Crippen molar-refractivity contribution >= 4 is 27.4 Å². The van der Waals surface area contributed by atoms with E-state index < -0.39 is 74.8 Å². The van der Waals surface area contributed by atoms with Crippen molar-refractivity contribution in [1.29, 1.82) is 0 Å². The summed E-state index contributed by atoms with van der Waals surface area (Å²) in [6.45, 7) is -0.471. The number of alkyl halides is 6. The van der Waals surface area contributed by atoms with Crippen molar-refractivity contribution in [2.75, 3.05) is 17.2 Å². The molecule has 13 heteroatoms. The molecule has 27 heavy (non-hydrogen) atoms. The number of benzene rings is 1. The smallest absolute Gasteiger partial charge is 0.416 e. The fourth-order valence-electron chi connectivity index (χ4n) is 2.61. The molecule has 150 valence electrons. The number of halogens is 6. The summed E-state index contributed by atoms with van der Waals surface area (Å²) in [5, 5.41) is 6.73. The Morgan fingerprint density at radius 3 is 1.96 bits per heavy atom. The molecule has 2 rings (SSSR count). The lowest BCUT2D eigenvalue weighted by Gasteiger charge is -2.20. The molecule has 1 N–H and O–H groups in total. The number of anilines is 1. The summed E-state index contributed by atoms with van der Waals surface area (Å²) < 4.78 is 101. The van der Waals surface area contributed by atoms with Gasteiger partial charge in [0.2, 0.25) is 5.91 Å². The number of hydrogen-bond donors (Lipinski definition) is 1. The molecule has 1 unspecified atom stereocenters. The standard InChI is InChI=1S/C14H11F6NO5S/c15-13(16,17)7-3-8(14(18,19)20)5-9(4-7)21-2-1-10(12(21)24)27(25,26)6-11(22)23/h3-5,10H,1-2,6H2,(H,22,23). The molecule has 1 amide bonds. The third-order valence-corrected chi connectivity index (χ3v) is 5.75. The number of nitrogens with zero attached hydrogens (tertiary/aromatic N) is 1. The number of sulfone groups is 1. The van der Waals surface area contributed by atoms with Crippen LogP contribution in [-0.4, -0.2) is 42.9 Å². The molecule has 0 spiro atoms. The summed E-state index contributed by atoms with van der Waals surface area (Å²) in [5.41, 5.74) is -4.08. The maximum Gasteiger partial charge on any atom is 0.416 e. The van der Waals surface area contributed by atoms with Crippen LogP contribution in [0.25, 0.3) is 0 Å². The number of carbonyl (C=O) groups is 2. The van der Waals surface area contributed by atoms with E-state index in [-0.39, 0.29) is 6.07 Å². The Bertz CT molecular complexity index is 845. The van der Waals surface area contributed by atoms with Crippen molar-refractivity contribution in [2.24, 2.45) is 0 Å². The summed E-state index contributed by atoms with van der Waals surface area (Å²) >= 11 is 0. The van der Waals surface area contributed by atoms with Crippen LogP contribution in [0.1, 0.15) is 17.5 Å². The number of aliphatic carboxylic acids is 1. The molecule has 0 saturated carbocycles. The number of carbonyl (C=O) groups excluding carboxylic acids is 1. The molecule has 1 heterocycles. The van der Waals surface area contributed by atoms with Gasteiger partial charge in [0, 0.05) is 12.2 Å². The van der Waals surface area contributed by atoms with Crippen molar-refractivity contribution in [3.63, 3.8) is 0 Å². The second kappa shape index (κ2) is 6.69. The van der Waals surface area contributed by atoms with Crippen molar-refractivity contribution < 1.29 is 49.5 Å². The van der Waals surface area contributed by atoms with Gasteiger partial charge in [0.05, 0.1) is 11.1 Å². The van der Waals surface area contributed by atoms with Crippen LogP contribution in [0, 0.1) is 0 Å². The summed E-state index contributed by atoms with van der Waals surface area (Å²) in [6.07, 6.45) is -10.7. The fraction of sp³-hybridized carbons (Fsp3) is 0.429. The van der Waals surface area contributed by atoms with E-state index in [1.54, 1.807) is 0 Å². The van der Waals surface area contributed by atoms with Gasteiger partial charge >= 0.3 is 18.3 Å². The van der Waals surface area contributed by atoms with Crippen LogP contribution >= 0.6 is 0 Å². The van der Waals surface area contributed by atoms with E-state index >= 15 is 0 Å². The Hall–Kier alpha value is -2.31. The third-order valence-electron chi connectivity index (χ3n) is 3.80. The van der Waals surface area contributed by atoms with Gasteiger partial charge in [0.1, 0.15) is 11.0 Å². The Morgan fingerprint density at radius 2 is 1.56 bits per heavy atom. The summed E-state index contributed by atoms with van der Waals surface area (Å²) in [4.78, 5) is 23.3. The number of rotatable bonds is 4. The predicted octanol–water partition coefficient (Wildman–Crippen LogP) is 2.33. The highest BCUT2D eigenvalue weighted by Crippen LogP contribution is 2.39. The largest absolute Gasteiger partial charge is 0.480 e. The lowest BCUT2D eigenvalue weighted by atomic mass is 10.1.